The third kappa shape index (κ3) is 27.8. The zero-order valence-corrected chi connectivity index (χ0v) is 58.1. The number of anilines is 5. The lowest BCUT2D eigenvalue weighted by Crippen LogP contribution is -2.39. The topological polar surface area (TPSA) is 365 Å². The minimum absolute atomic E-state index is 0.0481. The first-order valence-electron chi connectivity index (χ1n) is 26.9. The number of benzene rings is 2. The van der Waals surface area contributed by atoms with E-state index >= 15 is 0 Å². The van der Waals surface area contributed by atoms with Crippen molar-refractivity contribution in [3.05, 3.63) is 201 Å². The van der Waals surface area contributed by atoms with Gasteiger partial charge in [-0.2, -0.15) is 0 Å². The van der Waals surface area contributed by atoms with Crippen LogP contribution in [0.2, 0.25) is 25.5 Å². The number of fused-ring (bicyclic) bond motifs is 4. The third-order valence-corrected chi connectivity index (χ3v) is 12.8. The van der Waals surface area contributed by atoms with Gasteiger partial charge in [0.05, 0.1) is 26.6 Å². The van der Waals surface area contributed by atoms with Crippen molar-refractivity contribution in [1.82, 2.24) is 44.9 Å². The SMILES string of the molecule is CC1(C)OC(=O)CC(=O)O1.CNc1nccc2c(Cl)ccnc12.CNc1nccc2c(Oc3ccc(N)cc3)ccnc12.COC(OC)OC.Clc1ccnc2c(Cl)nccc12.Nc1ccc(O)cc1.Nc1cccnc1Cl.O=P(Cl)(Cl)Cl.O=c1cc[nH]c2c(Cl)nccc12. The third-order valence-electron chi connectivity index (χ3n) is 11.3. The maximum Gasteiger partial charge on any atom is 0.339 e. The normalized spacial score (nSPS) is 11.6. The molecule has 10 heterocycles. The van der Waals surface area contributed by atoms with Gasteiger partial charge in [-0.05, 0) is 137 Å². The lowest BCUT2D eigenvalue weighted by Gasteiger charge is -2.28. The molecule has 9 aromatic heterocycles. The average Bonchev–Trinajstić information content (AvgIpc) is 0.835. The quantitative estimate of drug-likeness (QED) is 0.0148. The fourth-order valence-corrected chi connectivity index (χ4v) is 8.17. The summed E-state index contributed by atoms with van der Waals surface area (Å²) >= 11 is 42.8. The molecule has 1 aliphatic rings. The fourth-order valence-electron chi connectivity index (χ4n) is 7.22. The van der Waals surface area contributed by atoms with Crippen molar-refractivity contribution in [3.63, 3.8) is 0 Å². The van der Waals surface area contributed by atoms with Crippen LogP contribution in [0.4, 0.5) is 28.7 Å². The van der Waals surface area contributed by atoms with E-state index in [1.165, 1.54) is 47.4 Å². The highest BCUT2D eigenvalue weighted by Crippen LogP contribution is 2.61. The standard InChI is InChI=1S/C15H14N4O.C9H8ClN3.C8H4Cl2N2.C8H5ClN2O.C6H7NO.C6H8O4.C5H5ClN2.C4H10O3.Cl3OP/c1-17-15-14-12(6-8-19-15)13(7-9-18-14)20-11-4-2-10(16)3-5-11;1-11-9-8-6(2-4-13-9)7(10)3-5-12-8;9-6-2-4-11-7-5(6)1-3-12-8(7)10;9-8-7-5(1-3-11-8)6(12)2-4-10-7;7-5-1-3-6(8)4-2-5;1-6(2)9-4(7)3-5(8)10-6;6-5-4(7)2-1-3-8-5;1-5-4(6-2)7-3;1-5(2,3)4/h2-9H,16H2,1H3,(H,17,19);2-5H,1H3,(H,11,13);1-4H;1-4H,(H,10,12);1-4,8H,7H2;3H2,1-2H3;1-3H,7H2;4H,1-3H3;. The second-order valence-corrected chi connectivity index (χ2v) is 27.0. The number of methoxy groups -OCH3 is 3. The van der Waals surface area contributed by atoms with Gasteiger partial charge in [0.2, 0.25) is 0 Å². The first kappa shape index (κ1) is 79.0. The van der Waals surface area contributed by atoms with Crippen LogP contribution >= 0.6 is 96.9 Å². The van der Waals surface area contributed by atoms with Gasteiger partial charge in [0.25, 0.3) is 12.3 Å². The largest absolute Gasteiger partial charge is 0.508 e. The molecule has 10 N–H and O–H groups in total. The second kappa shape index (κ2) is 40.1. The van der Waals surface area contributed by atoms with Crippen molar-refractivity contribution in [2.45, 2.75) is 32.5 Å². The Morgan fingerprint density at radius 3 is 1.42 bits per heavy atom. The molecule has 1 aliphatic heterocycles. The summed E-state index contributed by atoms with van der Waals surface area (Å²) in [6.07, 6.45) is 14.4. The zero-order valence-electron chi connectivity index (χ0n) is 51.2. The van der Waals surface area contributed by atoms with Crippen molar-refractivity contribution >= 4 is 181 Å². The van der Waals surface area contributed by atoms with E-state index in [9.17, 15) is 18.9 Å². The molecule has 0 atom stereocenters. The van der Waals surface area contributed by atoms with Crippen LogP contribution in [0, 0.1) is 0 Å². The van der Waals surface area contributed by atoms with E-state index in [1.807, 2.05) is 44.4 Å². The Kier molecular flexibility index (Phi) is 33.4. The Morgan fingerprint density at radius 2 is 0.979 bits per heavy atom. The highest BCUT2D eigenvalue weighted by Gasteiger charge is 2.34. The average molecular weight is 1480 g/mol. The summed E-state index contributed by atoms with van der Waals surface area (Å²) in [6.45, 7) is 2.52. The van der Waals surface area contributed by atoms with Gasteiger partial charge < -0.3 is 66.3 Å². The van der Waals surface area contributed by atoms with Crippen molar-refractivity contribution < 1.29 is 47.7 Å². The van der Waals surface area contributed by atoms with Crippen LogP contribution in [0.3, 0.4) is 0 Å². The van der Waals surface area contributed by atoms with Gasteiger partial charge in [-0.1, -0.05) is 58.0 Å². The predicted molar refractivity (Wildman–Crippen MR) is 378 cm³/mol. The highest BCUT2D eigenvalue weighted by molar-refractivity contribution is 8.24. The molecule has 25 nitrogen and oxygen atoms in total. The summed E-state index contributed by atoms with van der Waals surface area (Å²) in [7, 11) is 8.16. The smallest absolute Gasteiger partial charge is 0.339 e. The molecule has 0 unspecified atom stereocenters. The first-order valence-corrected chi connectivity index (χ1v) is 33.2. The summed E-state index contributed by atoms with van der Waals surface area (Å²) in [6, 6.07) is 31.1. The van der Waals surface area contributed by atoms with E-state index in [4.69, 9.17) is 85.0 Å². The van der Waals surface area contributed by atoms with Crippen LogP contribution in [0.25, 0.3) is 43.6 Å². The number of hydrogen-bond donors (Lipinski definition) is 7. The lowest BCUT2D eigenvalue weighted by atomic mass is 10.2. The molecule has 2 aromatic carbocycles. The van der Waals surface area contributed by atoms with Crippen LogP contribution in [0.5, 0.6) is 17.2 Å². The maximum atomic E-state index is 11.2. The minimum atomic E-state index is -3.22. The lowest BCUT2D eigenvalue weighted by molar-refractivity contribution is -0.252. The highest BCUT2D eigenvalue weighted by atomic mass is 36.0. The molecule has 95 heavy (non-hydrogen) atoms. The molecule has 0 aliphatic carbocycles. The van der Waals surface area contributed by atoms with Gasteiger partial charge in [0.1, 0.15) is 40.2 Å². The monoisotopic (exact) mass is 1480 g/mol. The molecule has 34 heteroatoms. The number of rotatable bonds is 7. The number of H-pyrrole nitrogens is 1. The Bertz CT molecular complexity index is 4250. The van der Waals surface area contributed by atoms with E-state index in [2.05, 4.69) is 113 Å². The molecule has 0 radical (unpaired) electrons. The molecule has 0 spiro atoms. The van der Waals surface area contributed by atoms with E-state index in [0.717, 1.165) is 50.3 Å². The Hall–Kier alpha value is -8.40. The number of pyridine rings is 9. The van der Waals surface area contributed by atoms with E-state index in [-0.39, 0.29) is 17.6 Å². The first-order chi connectivity index (χ1) is 45.1. The Labute approximate surface area is 583 Å². The molecular formula is C61H61Cl8N14O11P. The Morgan fingerprint density at radius 1 is 0.547 bits per heavy atom. The number of aromatic hydroxyl groups is 1. The van der Waals surface area contributed by atoms with Crippen molar-refractivity contribution in [3.8, 4) is 17.2 Å². The summed E-state index contributed by atoms with van der Waals surface area (Å²) in [5.41, 5.74) is 21.0. The number of cyclic esters (lactones) is 2. The van der Waals surface area contributed by atoms with Crippen LogP contribution in [0.15, 0.2) is 170 Å². The molecule has 502 valence electrons. The van der Waals surface area contributed by atoms with Crippen molar-refractivity contribution in [2.75, 3.05) is 63.3 Å². The molecule has 12 rings (SSSR count). The van der Waals surface area contributed by atoms with Gasteiger partial charge in [0.15, 0.2) is 32.5 Å². The van der Waals surface area contributed by atoms with E-state index < -0.39 is 29.4 Å². The van der Waals surface area contributed by atoms with Crippen LogP contribution in [-0.2, 0) is 37.8 Å². The number of phenolic OH excluding ortho intramolecular Hbond substituents is 1. The molecule has 1 saturated heterocycles. The Balaban J connectivity index is 0.000000234. The molecular weight excluding hydrogens is 1420 g/mol. The number of aromatic nitrogens is 9. The minimum Gasteiger partial charge on any atom is -0.508 e. The molecule has 1 fully saturated rings. The molecule has 0 bridgehead atoms. The number of nitrogens with two attached hydrogens (primary N) is 3. The van der Waals surface area contributed by atoms with Gasteiger partial charge in [-0.25, -0.2) is 24.9 Å². The van der Waals surface area contributed by atoms with Gasteiger partial charge in [-0.3, -0.25) is 33.9 Å². The molecule has 0 saturated carbocycles. The summed E-state index contributed by atoms with van der Waals surface area (Å²) < 4.78 is 38.5. The number of carbonyl (C=O) groups is 2. The van der Waals surface area contributed by atoms with Crippen LogP contribution in [-0.4, -0.2) is 110 Å². The summed E-state index contributed by atoms with van der Waals surface area (Å²) in [4.78, 5) is 67.7. The van der Waals surface area contributed by atoms with Gasteiger partial charge >= 0.3 is 17.1 Å². The number of nitrogen functional groups attached to an aromatic ring is 3. The zero-order chi connectivity index (χ0) is 70.3. The van der Waals surface area contributed by atoms with Gasteiger partial charge in [0, 0.05) is 139 Å². The molecule has 0 amide bonds. The summed E-state index contributed by atoms with van der Waals surface area (Å²) in [5.74, 6) is 1.06. The number of aromatic amines is 1. The van der Waals surface area contributed by atoms with Crippen LogP contribution < -0.4 is 38.0 Å². The number of halogens is 8. The van der Waals surface area contributed by atoms with Crippen molar-refractivity contribution in [2.24, 2.45) is 0 Å². The number of carbonyl (C=O) groups excluding carboxylic acids is 2. The number of esters is 2. The summed E-state index contributed by atoms with van der Waals surface area (Å²) in [5, 5.41) is 17.1. The second-order valence-electron chi connectivity index (χ2n) is 18.4. The van der Waals surface area contributed by atoms with Gasteiger partial charge in [-0.15, -0.1) is 0 Å². The number of ether oxygens (including phenoxy) is 6. The number of phenols is 1. The predicted octanol–water partition coefficient (Wildman–Crippen LogP) is 15.4. The number of nitrogens with one attached hydrogen (secondary N) is 3. The number of nitrogens with zero attached hydrogens (tertiary/aromatic N) is 8. The van der Waals surface area contributed by atoms with E-state index in [1.54, 1.807) is 122 Å². The van der Waals surface area contributed by atoms with E-state index in [0.29, 0.717) is 59.0 Å². The fraction of sp³-hybridized carbons (Fsp3) is 0.164. The number of hydrogen-bond acceptors (Lipinski definition) is 24. The maximum absolute atomic E-state index is 11.2. The van der Waals surface area contributed by atoms with Crippen molar-refractivity contribution in [1.29, 1.82) is 0 Å². The molecule has 11 aromatic rings. The van der Waals surface area contributed by atoms with Crippen LogP contribution in [0.1, 0.15) is 20.3 Å².